The zero-order valence-corrected chi connectivity index (χ0v) is 9.83. The molecule has 1 fully saturated rings. The van der Waals surface area contributed by atoms with Crippen LogP contribution in [0.5, 0.6) is 0 Å². The highest BCUT2D eigenvalue weighted by Gasteiger charge is 2.44. The maximum absolute atomic E-state index is 3.79. The van der Waals surface area contributed by atoms with Gasteiger partial charge in [0.1, 0.15) is 0 Å². The average Bonchev–Trinajstić information content (AvgIpc) is 2.62. The maximum atomic E-state index is 3.79. The molecule has 0 bridgehead atoms. The molecule has 0 aromatic carbocycles. The fraction of sp³-hybridized carbons (Fsp3) is 0.600. The monoisotopic (exact) mass is 244 g/mol. The second kappa shape index (κ2) is 2.85. The summed E-state index contributed by atoms with van der Waals surface area (Å²) in [5.74, 6) is 0. The summed E-state index contributed by atoms with van der Waals surface area (Å²) in [7, 11) is 0. The minimum Gasteiger partial charge on any atom is -0.145 e. The predicted molar refractivity (Wildman–Crippen MR) is 58.1 cm³/mol. The van der Waals surface area contributed by atoms with Crippen LogP contribution in [-0.4, -0.2) is 0 Å². The van der Waals surface area contributed by atoms with Gasteiger partial charge in [0.05, 0.1) is 4.83 Å². The largest absolute Gasteiger partial charge is 0.145 e. The molecule has 1 heterocycles. The van der Waals surface area contributed by atoms with Crippen molar-refractivity contribution < 1.29 is 0 Å². The van der Waals surface area contributed by atoms with E-state index in [0.29, 0.717) is 10.2 Å². The molecule has 2 heteroatoms. The van der Waals surface area contributed by atoms with Crippen LogP contribution in [-0.2, 0) is 0 Å². The van der Waals surface area contributed by atoms with E-state index in [2.05, 4.69) is 41.9 Å². The van der Waals surface area contributed by atoms with E-state index in [0.717, 1.165) is 0 Å². The fourth-order valence-electron chi connectivity index (χ4n) is 1.38. The van der Waals surface area contributed by atoms with Gasteiger partial charge < -0.3 is 0 Å². The average molecular weight is 245 g/mol. The normalized spacial score (nSPS) is 22.2. The van der Waals surface area contributed by atoms with Gasteiger partial charge in [-0.2, -0.15) is 0 Å². The molecular weight excluding hydrogens is 232 g/mol. The van der Waals surface area contributed by atoms with Gasteiger partial charge in [0.25, 0.3) is 0 Å². The Labute approximate surface area is 86.1 Å². The van der Waals surface area contributed by atoms with Crippen molar-refractivity contribution in [1.82, 2.24) is 0 Å². The first-order valence-corrected chi connectivity index (χ1v) is 6.05. The number of halogens is 1. The Bertz CT molecular complexity index is 286. The first-order valence-electron chi connectivity index (χ1n) is 4.32. The molecule has 0 nitrogen and oxygen atoms in total. The lowest BCUT2D eigenvalue weighted by atomic mass is 10.0. The van der Waals surface area contributed by atoms with Gasteiger partial charge in [0.15, 0.2) is 0 Å². The summed E-state index contributed by atoms with van der Waals surface area (Å²) in [5.41, 5.74) is 0.553. The molecule has 1 unspecified atom stereocenters. The highest BCUT2D eigenvalue weighted by molar-refractivity contribution is 9.09. The third-order valence-corrected chi connectivity index (χ3v) is 5.63. The van der Waals surface area contributed by atoms with E-state index in [9.17, 15) is 0 Å². The Kier molecular flexibility index (Phi) is 2.08. The van der Waals surface area contributed by atoms with Crippen molar-refractivity contribution in [2.24, 2.45) is 5.41 Å². The summed E-state index contributed by atoms with van der Waals surface area (Å²) in [6.07, 6.45) is 2.75. The van der Waals surface area contributed by atoms with Crippen LogP contribution in [0.25, 0.3) is 0 Å². The van der Waals surface area contributed by atoms with Gasteiger partial charge in [-0.25, -0.2) is 0 Å². The summed E-state index contributed by atoms with van der Waals surface area (Å²) >= 11 is 5.71. The highest BCUT2D eigenvalue weighted by atomic mass is 79.9. The standard InChI is InChI=1S/C10H13BrS/c1-7-3-4-8(12-7)9(11)10(2)5-6-10/h3-4,9H,5-6H2,1-2H3. The van der Waals surface area contributed by atoms with Crippen LogP contribution in [0.15, 0.2) is 12.1 Å². The minimum absolute atomic E-state index is 0.553. The molecule has 0 aliphatic heterocycles. The van der Waals surface area contributed by atoms with E-state index in [4.69, 9.17) is 0 Å². The minimum atomic E-state index is 0.553. The highest BCUT2D eigenvalue weighted by Crippen LogP contribution is 2.59. The molecule has 1 saturated carbocycles. The van der Waals surface area contributed by atoms with Crippen LogP contribution in [0.3, 0.4) is 0 Å². The van der Waals surface area contributed by atoms with Gasteiger partial charge in [0, 0.05) is 9.75 Å². The number of thiophene rings is 1. The second-order valence-corrected chi connectivity index (χ2v) is 6.20. The molecule has 0 saturated heterocycles. The number of hydrogen-bond acceptors (Lipinski definition) is 1. The Balaban J connectivity index is 2.19. The Morgan fingerprint density at radius 1 is 1.50 bits per heavy atom. The van der Waals surface area contributed by atoms with E-state index in [-0.39, 0.29) is 0 Å². The van der Waals surface area contributed by atoms with E-state index in [1.807, 2.05) is 11.3 Å². The van der Waals surface area contributed by atoms with Gasteiger partial charge >= 0.3 is 0 Å². The van der Waals surface area contributed by atoms with Crippen molar-refractivity contribution in [1.29, 1.82) is 0 Å². The molecule has 0 radical (unpaired) electrons. The molecule has 1 aliphatic carbocycles. The summed E-state index contributed by atoms with van der Waals surface area (Å²) in [4.78, 5) is 3.50. The van der Waals surface area contributed by atoms with E-state index >= 15 is 0 Å². The van der Waals surface area contributed by atoms with Crippen molar-refractivity contribution in [3.63, 3.8) is 0 Å². The third-order valence-electron chi connectivity index (χ3n) is 2.66. The second-order valence-electron chi connectivity index (χ2n) is 3.97. The SMILES string of the molecule is Cc1ccc(C(Br)C2(C)CC2)s1. The number of hydrogen-bond donors (Lipinski definition) is 0. The summed E-state index contributed by atoms with van der Waals surface area (Å²) in [6, 6.07) is 4.46. The molecule has 12 heavy (non-hydrogen) atoms. The van der Waals surface area contributed by atoms with E-state index in [1.165, 1.54) is 22.6 Å². The van der Waals surface area contributed by atoms with Crippen molar-refractivity contribution in [2.45, 2.75) is 31.5 Å². The Hall–Kier alpha value is 0.180. The van der Waals surface area contributed by atoms with Crippen LogP contribution in [0, 0.1) is 12.3 Å². The predicted octanol–water partition coefficient (Wildman–Crippen LogP) is 4.29. The maximum Gasteiger partial charge on any atom is 0.0542 e. The van der Waals surface area contributed by atoms with Crippen LogP contribution >= 0.6 is 27.3 Å². The van der Waals surface area contributed by atoms with Gasteiger partial charge in [-0.05, 0) is 37.3 Å². The first-order chi connectivity index (χ1) is 5.62. The lowest BCUT2D eigenvalue weighted by molar-refractivity contribution is 0.570. The number of rotatable bonds is 2. The molecular formula is C10H13BrS. The van der Waals surface area contributed by atoms with Crippen molar-refractivity contribution in [3.8, 4) is 0 Å². The summed E-state index contributed by atoms with van der Waals surface area (Å²) in [6.45, 7) is 4.53. The zero-order chi connectivity index (χ0) is 8.77. The Morgan fingerprint density at radius 3 is 2.58 bits per heavy atom. The van der Waals surface area contributed by atoms with Crippen LogP contribution in [0.1, 0.15) is 34.3 Å². The van der Waals surface area contributed by atoms with Gasteiger partial charge in [0.2, 0.25) is 0 Å². The number of aryl methyl sites for hydroxylation is 1. The zero-order valence-electron chi connectivity index (χ0n) is 7.43. The third kappa shape index (κ3) is 1.47. The fourth-order valence-corrected chi connectivity index (χ4v) is 3.31. The summed E-state index contributed by atoms with van der Waals surface area (Å²) in [5, 5.41) is 0. The topological polar surface area (TPSA) is 0 Å². The molecule has 1 aromatic rings. The van der Waals surface area contributed by atoms with Gasteiger partial charge in [-0.15, -0.1) is 11.3 Å². The molecule has 1 aromatic heterocycles. The quantitative estimate of drug-likeness (QED) is 0.682. The lowest BCUT2D eigenvalue weighted by Gasteiger charge is -2.14. The molecule has 0 amide bonds. The molecule has 66 valence electrons. The smallest absolute Gasteiger partial charge is 0.0542 e. The van der Waals surface area contributed by atoms with Gasteiger partial charge in [-0.1, -0.05) is 22.9 Å². The molecule has 2 rings (SSSR count). The van der Waals surface area contributed by atoms with Crippen LogP contribution in [0.4, 0.5) is 0 Å². The van der Waals surface area contributed by atoms with E-state index in [1.54, 1.807) is 0 Å². The van der Waals surface area contributed by atoms with Gasteiger partial charge in [-0.3, -0.25) is 0 Å². The molecule has 0 spiro atoms. The lowest BCUT2D eigenvalue weighted by Crippen LogP contribution is -2.00. The van der Waals surface area contributed by atoms with Crippen LogP contribution < -0.4 is 0 Å². The molecule has 1 aliphatic rings. The van der Waals surface area contributed by atoms with Crippen molar-refractivity contribution in [2.75, 3.05) is 0 Å². The van der Waals surface area contributed by atoms with Crippen molar-refractivity contribution >= 4 is 27.3 Å². The van der Waals surface area contributed by atoms with Crippen LogP contribution in [0.2, 0.25) is 0 Å². The molecule has 1 atom stereocenters. The first kappa shape index (κ1) is 8.76. The Morgan fingerprint density at radius 2 is 2.17 bits per heavy atom. The summed E-state index contributed by atoms with van der Waals surface area (Å²) < 4.78 is 0. The number of alkyl halides is 1. The van der Waals surface area contributed by atoms with E-state index < -0.39 is 0 Å². The molecule has 0 N–H and O–H groups in total. The van der Waals surface area contributed by atoms with Crippen molar-refractivity contribution in [3.05, 3.63) is 21.9 Å².